The highest BCUT2D eigenvalue weighted by Crippen LogP contribution is 2.35. The highest BCUT2D eigenvalue weighted by molar-refractivity contribution is 5.78. The van der Waals surface area contributed by atoms with E-state index in [0.717, 1.165) is 22.3 Å². The minimum absolute atomic E-state index is 0.131. The maximum atomic E-state index is 12.2. The van der Waals surface area contributed by atoms with Gasteiger partial charge in [-0.25, -0.2) is 0 Å². The number of benzene rings is 2. The lowest BCUT2D eigenvalue weighted by Crippen LogP contribution is -2.65. The van der Waals surface area contributed by atoms with Gasteiger partial charge < -0.3 is 20.4 Å². The summed E-state index contributed by atoms with van der Waals surface area (Å²) in [5, 5.41) is 47.0. The van der Waals surface area contributed by atoms with Crippen LogP contribution in [0.25, 0.3) is 0 Å². The van der Waals surface area contributed by atoms with Crippen LogP contribution < -0.4 is 10.6 Å². The van der Waals surface area contributed by atoms with Gasteiger partial charge in [-0.2, -0.15) is 0 Å². The molecule has 0 fully saturated rings. The Morgan fingerprint density at radius 3 is 1.18 bits per heavy atom. The van der Waals surface area contributed by atoms with E-state index in [2.05, 4.69) is 10.6 Å². The molecule has 0 saturated heterocycles. The average molecular weight is 473 g/mol. The van der Waals surface area contributed by atoms with Crippen molar-refractivity contribution in [2.24, 2.45) is 0 Å². The van der Waals surface area contributed by atoms with E-state index in [0.29, 0.717) is 0 Å². The number of phenolic OH excluding ortho intramolecular Hbond substituents is 2. The molecule has 0 saturated carbocycles. The minimum Gasteiger partial charge on any atom is -0.508 e. The van der Waals surface area contributed by atoms with Gasteiger partial charge in [0.1, 0.15) is 23.6 Å². The van der Waals surface area contributed by atoms with E-state index >= 15 is 0 Å². The van der Waals surface area contributed by atoms with E-state index in [4.69, 9.17) is 0 Å². The van der Waals surface area contributed by atoms with Gasteiger partial charge in [-0.3, -0.25) is 20.2 Å². The van der Waals surface area contributed by atoms with E-state index in [1.807, 2.05) is 27.7 Å². The van der Waals surface area contributed by atoms with Gasteiger partial charge in [-0.15, -0.1) is 0 Å². The van der Waals surface area contributed by atoms with Crippen molar-refractivity contribution in [1.82, 2.24) is 10.6 Å². The summed E-state index contributed by atoms with van der Waals surface area (Å²) in [6.07, 6.45) is 0. The Kier molecular flexibility index (Phi) is 7.70. The summed E-state index contributed by atoms with van der Waals surface area (Å²) in [7, 11) is 0. The maximum absolute atomic E-state index is 12.2. The topological polar surface area (TPSA) is 139 Å². The molecule has 8 nitrogen and oxygen atoms in total. The van der Waals surface area contributed by atoms with Crippen molar-refractivity contribution >= 4 is 11.9 Å². The van der Waals surface area contributed by atoms with Crippen LogP contribution in [0, 0.1) is 27.7 Å². The van der Waals surface area contributed by atoms with Gasteiger partial charge in [0.15, 0.2) is 0 Å². The van der Waals surface area contributed by atoms with E-state index < -0.39 is 35.1 Å². The normalized spacial score (nSPS) is 14.0. The minimum atomic E-state index is -1.24. The summed E-state index contributed by atoms with van der Waals surface area (Å²) in [6, 6.07) is 3.85. The molecule has 0 amide bonds. The zero-order valence-electron chi connectivity index (χ0n) is 21.1. The van der Waals surface area contributed by atoms with Crippen LogP contribution in [0.5, 0.6) is 11.5 Å². The predicted octanol–water partition coefficient (Wildman–Crippen LogP) is 4.02. The third-order valence-corrected chi connectivity index (χ3v) is 6.97. The van der Waals surface area contributed by atoms with Crippen LogP contribution in [0.2, 0.25) is 0 Å². The summed E-state index contributed by atoms with van der Waals surface area (Å²) >= 11 is 0. The van der Waals surface area contributed by atoms with Gasteiger partial charge in [0.05, 0.1) is 0 Å². The molecule has 0 aliphatic heterocycles. The van der Waals surface area contributed by atoms with Gasteiger partial charge in [-0.05, 0) is 102 Å². The van der Waals surface area contributed by atoms with Gasteiger partial charge in [-0.1, -0.05) is 0 Å². The number of carboxylic acids is 2. The van der Waals surface area contributed by atoms with E-state index in [9.17, 15) is 30.0 Å². The first kappa shape index (κ1) is 27.1. The van der Waals surface area contributed by atoms with Crippen LogP contribution in [0.4, 0.5) is 0 Å². The number of nitrogens with one attached hydrogen (secondary N) is 2. The summed E-state index contributed by atoms with van der Waals surface area (Å²) in [6.45, 7) is 14.4. The van der Waals surface area contributed by atoms with Crippen molar-refractivity contribution in [3.63, 3.8) is 0 Å². The van der Waals surface area contributed by atoms with Crippen LogP contribution >= 0.6 is 0 Å². The molecule has 0 bridgehead atoms. The van der Waals surface area contributed by atoms with Crippen molar-refractivity contribution in [2.45, 2.75) is 78.6 Å². The number of aliphatic carboxylic acids is 2. The smallest absolute Gasteiger partial charge is 0.325 e. The third kappa shape index (κ3) is 5.51. The van der Waals surface area contributed by atoms with Crippen LogP contribution in [0.3, 0.4) is 0 Å². The highest BCUT2D eigenvalue weighted by Gasteiger charge is 2.43. The fourth-order valence-electron chi connectivity index (χ4n) is 3.74. The number of hydrogen-bond donors (Lipinski definition) is 6. The quantitative estimate of drug-likeness (QED) is 0.322. The molecule has 0 aliphatic carbocycles. The molecule has 6 N–H and O–H groups in total. The van der Waals surface area contributed by atoms with Gasteiger partial charge in [0.25, 0.3) is 0 Å². The number of rotatable bonds is 9. The molecule has 0 spiro atoms. The predicted molar refractivity (Wildman–Crippen MR) is 130 cm³/mol. The van der Waals surface area contributed by atoms with Gasteiger partial charge >= 0.3 is 11.9 Å². The molecule has 34 heavy (non-hydrogen) atoms. The molecule has 186 valence electrons. The van der Waals surface area contributed by atoms with Crippen LogP contribution in [-0.2, 0) is 9.59 Å². The molecular weight excluding hydrogens is 436 g/mol. The van der Waals surface area contributed by atoms with Gasteiger partial charge in [0.2, 0.25) is 0 Å². The molecule has 0 radical (unpaired) electrons. The Hall–Kier alpha value is -3.10. The van der Waals surface area contributed by atoms with Crippen LogP contribution in [0.15, 0.2) is 24.3 Å². The Morgan fingerprint density at radius 1 is 0.647 bits per heavy atom. The number of hydrogen-bond acceptors (Lipinski definition) is 6. The van der Waals surface area contributed by atoms with Crippen molar-refractivity contribution < 1.29 is 30.0 Å². The lowest BCUT2D eigenvalue weighted by molar-refractivity contribution is -0.142. The summed E-state index contributed by atoms with van der Waals surface area (Å²) in [5.41, 5.74) is 1.84. The first-order chi connectivity index (χ1) is 15.5. The molecular formula is C26H36N2O6. The van der Waals surface area contributed by atoms with Gasteiger partial charge in [0, 0.05) is 22.2 Å². The second kappa shape index (κ2) is 9.64. The lowest BCUT2D eigenvalue weighted by Gasteiger charge is -2.46. The molecule has 2 aromatic rings. The number of carbonyl (C=O) groups is 2. The maximum Gasteiger partial charge on any atom is 0.325 e. The molecule has 0 heterocycles. The Morgan fingerprint density at radius 2 is 0.912 bits per heavy atom. The van der Waals surface area contributed by atoms with Crippen molar-refractivity contribution in [1.29, 1.82) is 0 Å². The lowest BCUT2D eigenvalue weighted by atomic mass is 9.80. The monoisotopic (exact) mass is 472 g/mol. The third-order valence-electron chi connectivity index (χ3n) is 6.97. The zero-order valence-corrected chi connectivity index (χ0v) is 21.1. The van der Waals surface area contributed by atoms with E-state index in [1.165, 1.54) is 12.1 Å². The standard InChI is InChI=1S/C26H36N2O6/c1-13-9-17(19(29)11-15(13)3)21(23(31)32)27-25(5,6)26(7,8)28-22(24(33)34)18-10-14(2)16(4)12-20(18)30/h9-12,21-22,27-30H,1-8H3,(H,31,32)(H,33,34). The molecule has 0 aliphatic rings. The summed E-state index contributed by atoms with van der Waals surface area (Å²) < 4.78 is 0. The summed E-state index contributed by atoms with van der Waals surface area (Å²) in [4.78, 5) is 24.4. The second-order valence-corrected chi connectivity index (χ2v) is 10.1. The number of phenols is 2. The summed E-state index contributed by atoms with van der Waals surface area (Å²) in [5.74, 6) is -2.62. The molecule has 2 aromatic carbocycles. The second-order valence-electron chi connectivity index (χ2n) is 10.1. The Labute approximate surface area is 200 Å². The van der Waals surface area contributed by atoms with Crippen molar-refractivity contribution in [3.05, 3.63) is 57.6 Å². The number of aryl methyl sites for hydroxylation is 4. The fraction of sp³-hybridized carbons (Fsp3) is 0.462. The van der Waals surface area contributed by atoms with Crippen LogP contribution in [0.1, 0.15) is 73.2 Å². The van der Waals surface area contributed by atoms with Crippen LogP contribution in [-0.4, -0.2) is 43.4 Å². The average Bonchev–Trinajstić information content (AvgIpc) is 2.70. The zero-order chi connectivity index (χ0) is 26.2. The molecule has 0 aromatic heterocycles. The van der Waals surface area contributed by atoms with Crippen molar-refractivity contribution in [2.75, 3.05) is 0 Å². The molecule has 2 unspecified atom stereocenters. The number of carboxylic acid groups (broad SMARTS) is 2. The SMILES string of the molecule is Cc1cc(O)c(C(NC(C)(C)C(C)(C)NC(C(=O)O)c2cc(C)c(C)cc2O)C(=O)O)cc1C. The molecule has 8 heteroatoms. The Bertz CT molecular complexity index is 1020. The molecule has 2 atom stereocenters. The largest absolute Gasteiger partial charge is 0.508 e. The molecule has 2 rings (SSSR count). The van der Waals surface area contributed by atoms with E-state index in [-0.39, 0.29) is 22.6 Å². The fourth-order valence-corrected chi connectivity index (χ4v) is 3.74. The van der Waals surface area contributed by atoms with E-state index in [1.54, 1.807) is 39.8 Å². The first-order valence-electron chi connectivity index (χ1n) is 11.1. The first-order valence-corrected chi connectivity index (χ1v) is 11.1. The Balaban J connectivity index is 2.44. The highest BCUT2D eigenvalue weighted by atomic mass is 16.4. The number of aromatic hydroxyl groups is 2. The van der Waals surface area contributed by atoms with Crippen molar-refractivity contribution in [3.8, 4) is 11.5 Å².